The molecule has 262 valence electrons. The van der Waals surface area contributed by atoms with Crippen LogP contribution in [0, 0.1) is 0 Å². The van der Waals surface area contributed by atoms with Crippen LogP contribution in [0.5, 0.6) is 11.5 Å². The molecule has 0 unspecified atom stereocenters. The van der Waals surface area contributed by atoms with E-state index in [1.807, 2.05) is 38.2 Å². The second kappa shape index (κ2) is 22.8. The second-order valence-corrected chi connectivity index (χ2v) is 13.0. The average molecular weight is 679 g/mol. The molecular weight excluding hydrogens is 625 g/mol. The van der Waals surface area contributed by atoms with Crippen LogP contribution in [0.4, 0.5) is 0 Å². The van der Waals surface area contributed by atoms with Gasteiger partial charge in [0, 0.05) is 24.2 Å². The van der Waals surface area contributed by atoms with Gasteiger partial charge in [-0.3, -0.25) is 4.55 Å². The van der Waals surface area contributed by atoms with Gasteiger partial charge in [-0.25, -0.2) is 0 Å². The average Bonchev–Trinajstić information content (AvgIpc) is 3.05. The summed E-state index contributed by atoms with van der Waals surface area (Å²) in [4.78, 5) is 0. The third kappa shape index (κ3) is 15.0. The molecule has 0 saturated carbocycles. The summed E-state index contributed by atoms with van der Waals surface area (Å²) in [5.74, 6) is 1.96. The van der Waals surface area contributed by atoms with Crippen LogP contribution in [0.15, 0.2) is 97.1 Å². The Morgan fingerprint density at radius 3 is 1.40 bits per heavy atom. The molecule has 0 atom stereocenters. The fourth-order valence-corrected chi connectivity index (χ4v) is 5.37. The van der Waals surface area contributed by atoms with E-state index in [4.69, 9.17) is 14.0 Å². The minimum absolute atomic E-state index is 0. The summed E-state index contributed by atoms with van der Waals surface area (Å²) >= 11 is 0. The number of allylic oxidation sites excluding steroid dienone is 2. The lowest BCUT2D eigenvalue weighted by atomic mass is 10.0. The highest BCUT2D eigenvalue weighted by molar-refractivity contribution is 7.85. The van der Waals surface area contributed by atoms with Crippen molar-refractivity contribution in [3.8, 4) is 11.5 Å². The van der Waals surface area contributed by atoms with E-state index in [-0.39, 0.29) is 5.48 Å². The molecule has 0 amide bonds. The van der Waals surface area contributed by atoms with Gasteiger partial charge in [0.25, 0.3) is 10.1 Å². The van der Waals surface area contributed by atoms with Crippen LogP contribution in [-0.2, 0) is 23.2 Å². The SMILES string of the molecule is C/C=C/COc1ccc2ccccc2c1CNCCCCCCCCNCc1c(OC/C=C/C)ccc2ccccc12.CS(=O)(=O)O.O. The first kappa shape index (κ1) is 40.4. The van der Waals surface area contributed by atoms with E-state index in [1.165, 1.54) is 71.2 Å². The molecule has 0 radical (unpaired) electrons. The van der Waals surface area contributed by atoms with Crippen LogP contribution in [0.25, 0.3) is 21.5 Å². The van der Waals surface area contributed by atoms with Crippen LogP contribution in [-0.4, -0.2) is 51.0 Å². The fraction of sp³-hybridized carbons (Fsp3) is 0.385. The summed E-state index contributed by atoms with van der Waals surface area (Å²) in [6, 6.07) is 25.7. The first-order chi connectivity index (χ1) is 22.8. The van der Waals surface area contributed by atoms with Gasteiger partial charge < -0.3 is 25.6 Å². The quantitative estimate of drug-likeness (QED) is 0.0524. The zero-order valence-electron chi connectivity index (χ0n) is 28.7. The van der Waals surface area contributed by atoms with Gasteiger partial charge in [-0.2, -0.15) is 8.42 Å². The maximum Gasteiger partial charge on any atom is 0.261 e. The minimum atomic E-state index is -3.67. The highest BCUT2D eigenvalue weighted by Gasteiger charge is 2.10. The number of nitrogens with one attached hydrogen (secondary N) is 2. The number of hydrogen-bond donors (Lipinski definition) is 3. The maximum absolute atomic E-state index is 9.19. The van der Waals surface area contributed by atoms with Gasteiger partial charge in [-0.05, 0) is 73.5 Å². The molecule has 4 aromatic rings. The van der Waals surface area contributed by atoms with Crippen LogP contribution >= 0.6 is 0 Å². The third-order valence-electron chi connectivity index (χ3n) is 7.70. The first-order valence-corrected chi connectivity index (χ1v) is 18.5. The molecule has 8 nitrogen and oxygen atoms in total. The molecule has 9 heteroatoms. The third-order valence-corrected chi connectivity index (χ3v) is 7.70. The normalized spacial score (nSPS) is 11.5. The predicted octanol–water partition coefficient (Wildman–Crippen LogP) is 7.80. The fourth-order valence-electron chi connectivity index (χ4n) is 5.37. The number of benzene rings is 4. The van der Waals surface area contributed by atoms with Crippen molar-refractivity contribution < 1.29 is 27.9 Å². The Morgan fingerprint density at radius 1 is 0.625 bits per heavy atom. The highest BCUT2D eigenvalue weighted by atomic mass is 32.2. The van der Waals surface area contributed by atoms with Crippen molar-refractivity contribution in [2.45, 2.75) is 65.5 Å². The number of ether oxygens (including phenoxy) is 2. The van der Waals surface area contributed by atoms with Crippen molar-refractivity contribution in [3.63, 3.8) is 0 Å². The lowest BCUT2D eigenvalue weighted by Gasteiger charge is -2.15. The molecule has 0 aliphatic heterocycles. The molecule has 0 saturated heterocycles. The van der Waals surface area contributed by atoms with Crippen molar-refractivity contribution in [3.05, 3.63) is 108 Å². The number of fused-ring (bicyclic) bond motifs is 2. The van der Waals surface area contributed by atoms with Crippen LogP contribution in [0.1, 0.15) is 63.5 Å². The van der Waals surface area contributed by atoms with Crippen molar-refractivity contribution in [1.29, 1.82) is 0 Å². The van der Waals surface area contributed by atoms with E-state index >= 15 is 0 Å². The van der Waals surface area contributed by atoms with Crippen LogP contribution < -0.4 is 20.1 Å². The maximum atomic E-state index is 9.19. The van der Waals surface area contributed by atoms with Crippen molar-refractivity contribution in [2.24, 2.45) is 0 Å². The molecule has 5 N–H and O–H groups in total. The highest BCUT2D eigenvalue weighted by Crippen LogP contribution is 2.29. The monoisotopic (exact) mass is 678 g/mol. The molecule has 4 rings (SSSR count). The number of unbranched alkanes of at least 4 members (excludes halogenated alkanes) is 5. The smallest absolute Gasteiger partial charge is 0.261 e. The standard InChI is InChI=1S/C38H48N2O2.CH4O3S.H2O/c1-3-5-27-41-37-23-21-31-17-11-13-19-33(31)35(37)29-39-25-15-9-7-8-10-16-26-40-30-36-34-20-14-12-18-32(34)22-24-38(36)42-28-6-4-2;1-5(2,3)4;/h3-6,11-14,17-24,39-40H,7-10,15-16,25-30H2,1-2H3;1H3,(H,2,3,4);1H2/b5-3+,6-4+;;. The van der Waals surface area contributed by atoms with Crippen molar-refractivity contribution in [2.75, 3.05) is 32.6 Å². The Morgan fingerprint density at radius 2 is 1.00 bits per heavy atom. The van der Waals surface area contributed by atoms with E-state index < -0.39 is 10.1 Å². The van der Waals surface area contributed by atoms with Gasteiger partial charge in [0.1, 0.15) is 24.7 Å². The molecule has 0 aliphatic rings. The van der Waals surface area contributed by atoms with Gasteiger partial charge >= 0.3 is 0 Å². The van der Waals surface area contributed by atoms with Gasteiger partial charge in [0.05, 0.1) is 6.26 Å². The van der Waals surface area contributed by atoms with E-state index in [9.17, 15) is 8.42 Å². The van der Waals surface area contributed by atoms with Crippen molar-refractivity contribution in [1.82, 2.24) is 10.6 Å². The van der Waals surface area contributed by atoms with Gasteiger partial charge in [-0.1, -0.05) is 111 Å². The Labute approximate surface area is 287 Å². The van der Waals surface area contributed by atoms with Crippen LogP contribution in [0.2, 0.25) is 0 Å². The lowest BCUT2D eigenvalue weighted by molar-refractivity contribution is 0.358. The topological polar surface area (TPSA) is 128 Å². The van der Waals surface area contributed by atoms with E-state index in [0.717, 1.165) is 37.7 Å². The van der Waals surface area contributed by atoms with Gasteiger partial charge in [0.2, 0.25) is 0 Å². The Kier molecular flexibility index (Phi) is 19.2. The Bertz CT molecular complexity index is 1550. The molecule has 4 aromatic carbocycles. The summed E-state index contributed by atoms with van der Waals surface area (Å²) in [5, 5.41) is 12.4. The molecule has 48 heavy (non-hydrogen) atoms. The molecule has 0 spiro atoms. The summed E-state index contributed by atoms with van der Waals surface area (Å²) in [6.07, 6.45) is 16.4. The lowest BCUT2D eigenvalue weighted by Crippen LogP contribution is -2.16. The van der Waals surface area contributed by atoms with Crippen LogP contribution in [0.3, 0.4) is 0 Å². The summed E-state index contributed by atoms with van der Waals surface area (Å²) in [5.41, 5.74) is 2.51. The van der Waals surface area contributed by atoms with E-state index in [1.54, 1.807) is 0 Å². The molecule has 0 fully saturated rings. The summed E-state index contributed by atoms with van der Waals surface area (Å²) < 4.78 is 38.0. The molecule has 0 bridgehead atoms. The van der Waals surface area contributed by atoms with E-state index in [0.29, 0.717) is 19.5 Å². The van der Waals surface area contributed by atoms with Gasteiger partial charge in [-0.15, -0.1) is 0 Å². The zero-order chi connectivity index (χ0) is 33.7. The zero-order valence-corrected chi connectivity index (χ0v) is 29.5. The first-order valence-electron chi connectivity index (χ1n) is 16.6. The largest absolute Gasteiger partial charge is 0.489 e. The Hall–Kier alpha value is -3.73. The number of hydrogen-bond acceptors (Lipinski definition) is 6. The van der Waals surface area contributed by atoms with Gasteiger partial charge in [0.15, 0.2) is 0 Å². The Balaban J connectivity index is 0.00000124. The van der Waals surface area contributed by atoms with E-state index in [2.05, 4.69) is 83.4 Å². The minimum Gasteiger partial charge on any atom is -0.489 e. The number of rotatable bonds is 19. The summed E-state index contributed by atoms with van der Waals surface area (Å²) in [6.45, 7) is 8.98. The molecular formula is C39H54N2O6S. The predicted molar refractivity (Wildman–Crippen MR) is 201 cm³/mol. The molecule has 0 heterocycles. The molecule has 0 aromatic heterocycles. The molecule has 0 aliphatic carbocycles. The summed E-state index contributed by atoms with van der Waals surface area (Å²) in [7, 11) is -3.67. The van der Waals surface area contributed by atoms with Crippen molar-refractivity contribution >= 4 is 31.7 Å². The second-order valence-electron chi connectivity index (χ2n) is 11.5.